The number of carbonyl (C=O) groups is 1. The van der Waals surface area contributed by atoms with E-state index >= 15 is 0 Å². The minimum atomic E-state index is -0.138. The fourth-order valence-corrected chi connectivity index (χ4v) is 2.20. The number of thiazole rings is 1. The van der Waals surface area contributed by atoms with E-state index in [1.165, 1.54) is 11.3 Å². The molecule has 0 fully saturated rings. The summed E-state index contributed by atoms with van der Waals surface area (Å²) in [4.78, 5) is 21.9. The van der Waals surface area contributed by atoms with Crippen LogP contribution in [0.1, 0.15) is 5.69 Å². The Balaban J connectivity index is 2.07. The van der Waals surface area contributed by atoms with Crippen molar-refractivity contribution in [3.05, 3.63) is 29.5 Å². The Morgan fingerprint density at radius 2 is 2.32 bits per heavy atom. The predicted octanol–water partition coefficient (Wildman–Crippen LogP) is 1.37. The first kappa shape index (κ1) is 13.3. The molecule has 1 amide bonds. The molecule has 19 heavy (non-hydrogen) atoms. The standard InChI is InChI=1S/C12H15N5OS/c1-17(2)10-3-4-14-6-9(10)16-11(18)5-8-7-19-12(13)15-8/h3-4,6-7H,5H2,1-2H3,(H2,13,15)(H,16,18). The van der Waals surface area contributed by atoms with E-state index in [2.05, 4.69) is 15.3 Å². The number of nitrogens with two attached hydrogens (primary N) is 1. The molecule has 2 aromatic rings. The Labute approximate surface area is 115 Å². The van der Waals surface area contributed by atoms with E-state index in [0.29, 0.717) is 16.5 Å². The first-order chi connectivity index (χ1) is 9.06. The third kappa shape index (κ3) is 3.41. The third-order valence-corrected chi connectivity index (χ3v) is 3.19. The first-order valence-corrected chi connectivity index (χ1v) is 6.55. The highest BCUT2D eigenvalue weighted by Crippen LogP contribution is 2.22. The maximum Gasteiger partial charge on any atom is 0.230 e. The first-order valence-electron chi connectivity index (χ1n) is 5.67. The molecule has 0 radical (unpaired) electrons. The minimum Gasteiger partial charge on any atom is -0.376 e. The molecule has 2 rings (SSSR count). The van der Waals surface area contributed by atoms with Crippen molar-refractivity contribution in [2.45, 2.75) is 6.42 Å². The third-order valence-electron chi connectivity index (χ3n) is 2.47. The summed E-state index contributed by atoms with van der Waals surface area (Å²) in [5.41, 5.74) is 7.79. The van der Waals surface area contributed by atoms with Crippen LogP contribution in [-0.2, 0) is 11.2 Å². The summed E-state index contributed by atoms with van der Waals surface area (Å²) in [6.07, 6.45) is 3.52. The van der Waals surface area contributed by atoms with Crippen LogP contribution < -0.4 is 16.0 Å². The summed E-state index contributed by atoms with van der Waals surface area (Å²) in [6.45, 7) is 0. The number of hydrogen-bond donors (Lipinski definition) is 2. The van der Waals surface area contributed by atoms with E-state index < -0.39 is 0 Å². The molecule has 0 saturated carbocycles. The molecule has 3 N–H and O–H groups in total. The Hall–Kier alpha value is -2.15. The molecular weight excluding hydrogens is 262 g/mol. The molecule has 7 heteroatoms. The van der Waals surface area contributed by atoms with E-state index in [1.54, 1.807) is 17.8 Å². The van der Waals surface area contributed by atoms with Gasteiger partial charge in [0.1, 0.15) is 0 Å². The lowest BCUT2D eigenvalue weighted by Crippen LogP contribution is -2.18. The second-order valence-electron chi connectivity index (χ2n) is 4.19. The van der Waals surface area contributed by atoms with Crippen LogP contribution in [0.5, 0.6) is 0 Å². The van der Waals surface area contributed by atoms with E-state index in [1.807, 2.05) is 25.1 Å². The van der Waals surface area contributed by atoms with Gasteiger partial charge in [0.25, 0.3) is 0 Å². The number of nitrogens with one attached hydrogen (secondary N) is 1. The zero-order valence-electron chi connectivity index (χ0n) is 10.8. The number of amides is 1. The van der Waals surface area contributed by atoms with Gasteiger partial charge in [0, 0.05) is 25.7 Å². The molecule has 100 valence electrons. The maximum absolute atomic E-state index is 11.9. The molecule has 0 aliphatic rings. The number of carbonyl (C=O) groups excluding carboxylic acids is 1. The Kier molecular flexibility index (Phi) is 3.96. The molecule has 6 nitrogen and oxygen atoms in total. The number of pyridine rings is 1. The van der Waals surface area contributed by atoms with Gasteiger partial charge in [-0.25, -0.2) is 4.98 Å². The SMILES string of the molecule is CN(C)c1ccncc1NC(=O)Cc1csc(N)n1. The van der Waals surface area contributed by atoms with Crippen LogP contribution in [0.4, 0.5) is 16.5 Å². The summed E-state index contributed by atoms with van der Waals surface area (Å²) in [7, 11) is 3.82. The van der Waals surface area contributed by atoms with Gasteiger partial charge >= 0.3 is 0 Å². The van der Waals surface area contributed by atoms with Crippen LogP contribution in [0.15, 0.2) is 23.8 Å². The summed E-state index contributed by atoms with van der Waals surface area (Å²) in [6, 6.07) is 1.84. The fraction of sp³-hybridized carbons (Fsp3) is 0.250. The number of nitrogen functional groups attached to an aromatic ring is 1. The molecule has 0 bridgehead atoms. The monoisotopic (exact) mass is 277 g/mol. The number of anilines is 3. The number of nitrogens with zero attached hydrogens (tertiary/aromatic N) is 3. The van der Waals surface area contributed by atoms with Crippen molar-refractivity contribution in [2.24, 2.45) is 0 Å². The maximum atomic E-state index is 11.9. The zero-order chi connectivity index (χ0) is 13.8. The van der Waals surface area contributed by atoms with E-state index in [4.69, 9.17) is 5.73 Å². The molecule has 0 unspecified atom stereocenters. The quantitative estimate of drug-likeness (QED) is 0.881. The van der Waals surface area contributed by atoms with E-state index in [0.717, 1.165) is 5.69 Å². The van der Waals surface area contributed by atoms with Gasteiger partial charge in [-0.2, -0.15) is 0 Å². The average Bonchev–Trinajstić information content (AvgIpc) is 2.75. The normalized spacial score (nSPS) is 10.2. The molecule has 2 aromatic heterocycles. The number of rotatable bonds is 4. The van der Waals surface area contributed by atoms with Gasteiger partial charge in [-0.3, -0.25) is 9.78 Å². The van der Waals surface area contributed by atoms with Crippen molar-refractivity contribution in [3.63, 3.8) is 0 Å². The summed E-state index contributed by atoms with van der Waals surface area (Å²) < 4.78 is 0. The van der Waals surface area contributed by atoms with Crippen molar-refractivity contribution in [3.8, 4) is 0 Å². The lowest BCUT2D eigenvalue weighted by Gasteiger charge is -2.16. The van der Waals surface area contributed by atoms with Crippen molar-refractivity contribution in [1.29, 1.82) is 0 Å². The van der Waals surface area contributed by atoms with Gasteiger partial charge in [0.2, 0.25) is 5.91 Å². The summed E-state index contributed by atoms with van der Waals surface area (Å²) >= 11 is 1.33. The van der Waals surface area contributed by atoms with Crippen molar-refractivity contribution in [1.82, 2.24) is 9.97 Å². The number of aromatic nitrogens is 2. The lowest BCUT2D eigenvalue weighted by atomic mass is 10.3. The second-order valence-corrected chi connectivity index (χ2v) is 5.08. The highest BCUT2D eigenvalue weighted by molar-refractivity contribution is 7.13. The van der Waals surface area contributed by atoms with Crippen LogP contribution in [0.2, 0.25) is 0 Å². The Morgan fingerprint density at radius 3 is 2.95 bits per heavy atom. The molecule has 0 aliphatic carbocycles. The van der Waals surface area contributed by atoms with E-state index in [9.17, 15) is 4.79 Å². The lowest BCUT2D eigenvalue weighted by molar-refractivity contribution is -0.115. The van der Waals surface area contributed by atoms with Crippen LogP contribution in [0, 0.1) is 0 Å². The van der Waals surface area contributed by atoms with Crippen molar-refractivity contribution >= 4 is 33.8 Å². The fourth-order valence-electron chi connectivity index (χ4n) is 1.64. The van der Waals surface area contributed by atoms with Crippen LogP contribution in [0.3, 0.4) is 0 Å². The molecule has 0 spiro atoms. The van der Waals surface area contributed by atoms with Gasteiger partial charge in [0.15, 0.2) is 5.13 Å². The largest absolute Gasteiger partial charge is 0.376 e. The number of hydrogen-bond acceptors (Lipinski definition) is 6. The summed E-state index contributed by atoms with van der Waals surface area (Å²) in [5.74, 6) is -0.138. The molecule has 0 saturated heterocycles. The van der Waals surface area contributed by atoms with Gasteiger partial charge in [-0.15, -0.1) is 11.3 Å². The van der Waals surface area contributed by atoms with Crippen molar-refractivity contribution < 1.29 is 4.79 Å². The highest BCUT2D eigenvalue weighted by atomic mass is 32.1. The van der Waals surface area contributed by atoms with Crippen molar-refractivity contribution in [2.75, 3.05) is 30.0 Å². The predicted molar refractivity (Wildman–Crippen MR) is 77.4 cm³/mol. The van der Waals surface area contributed by atoms with Gasteiger partial charge in [0.05, 0.1) is 29.7 Å². The van der Waals surface area contributed by atoms with E-state index in [-0.39, 0.29) is 12.3 Å². The molecule has 0 atom stereocenters. The van der Waals surface area contributed by atoms with Crippen LogP contribution in [-0.4, -0.2) is 30.0 Å². The highest BCUT2D eigenvalue weighted by Gasteiger charge is 2.10. The topological polar surface area (TPSA) is 84.1 Å². The molecule has 0 aliphatic heterocycles. The van der Waals surface area contributed by atoms with Gasteiger partial charge in [-0.1, -0.05) is 0 Å². The van der Waals surface area contributed by atoms with Gasteiger partial charge < -0.3 is 16.0 Å². The second kappa shape index (κ2) is 5.66. The van der Waals surface area contributed by atoms with Gasteiger partial charge in [-0.05, 0) is 6.07 Å². The molecular formula is C12H15N5OS. The molecule has 0 aromatic carbocycles. The molecule has 2 heterocycles. The average molecular weight is 277 g/mol. The zero-order valence-corrected chi connectivity index (χ0v) is 11.6. The Morgan fingerprint density at radius 1 is 1.53 bits per heavy atom. The van der Waals surface area contributed by atoms with Crippen LogP contribution in [0.25, 0.3) is 0 Å². The minimum absolute atomic E-state index is 0.138. The smallest absolute Gasteiger partial charge is 0.230 e. The van der Waals surface area contributed by atoms with Crippen LogP contribution >= 0.6 is 11.3 Å². The Bertz CT molecular complexity index is 581. The summed E-state index contributed by atoms with van der Waals surface area (Å²) in [5, 5.41) is 5.08.